The second-order valence-corrected chi connectivity index (χ2v) is 13.2. The van der Waals surface area contributed by atoms with Gasteiger partial charge in [-0.2, -0.15) is 0 Å². The molecule has 41 heavy (non-hydrogen) atoms. The average molecular weight is 581 g/mol. The number of hydrogen-bond donors (Lipinski definition) is 2. The number of thioether (sulfide) groups is 1. The Labute approximate surface area is 248 Å². The lowest BCUT2D eigenvalue weighted by Gasteiger charge is -2.26. The molecule has 2 aliphatic carbocycles. The van der Waals surface area contributed by atoms with Crippen molar-refractivity contribution < 1.29 is 19.1 Å². The molecule has 8 nitrogen and oxygen atoms in total. The number of hydrogen-bond acceptors (Lipinski definition) is 6. The predicted molar refractivity (Wildman–Crippen MR) is 164 cm³/mol. The number of allylic oxidation sites excluding steroid dienone is 1. The summed E-state index contributed by atoms with van der Waals surface area (Å²) in [5.74, 6) is 0.117. The molecular formula is C32H44N4O4S. The normalized spacial score (nSPS) is 32.7. The van der Waals surface area contributed by atoms with Gasteiger partial charge in [0.05, 0.1) is 23.6 Å². The summed E-state index contributed by atoms with van der Waals surface area (Å²) in [5, 5.41) is 7.19. The highest BCUT2D eigenvalue weighted by atomic mass is 32.2. The van der Waals surface area contributed by atoms with Gasteiger partial charge in [-0.05, 0) is 76.0 Å². The van der Waals surface area contributed by atoms with Crippen LogP contribution in [0.25, 0.3) is 0 Å². The number of fused-ring (bicyclic) bond motifs is 2. The molecule has 9 heteroatoms. The summed E-state index contributed by atoms with van der Waals surface area (Å²) in [6, 6.07) is 6.24. The minimum atomic E-state index is -0.568. The Kier molecular flexibility index (Phi) is 9.12. The van der Waals surface area contributed by atoms with Crippen LogP contribution in [-0.2, 0) is 14.3 Å². The van der Waals surface area contributed by atoms with Crippen LogP contribution in [0.3, 0.4) is 0 Å². The molecule has 2 aliphatic heterocycles. The number of aryl methyl sites for hydroxylation is 1. The number of benzene rings is 1. The van der Waals surface area contributed by atoms with Gasteiger partial charge in [-0.25, -0.2) is 4.79 Å². The van der Waals surface area contributed by atoms with Crippen molar-refractivity contribution in [3.8, 4) is 0 Å². The second kappa shape index (κ2) is 12.6. The largest absolute Gasteiger partial charge is 0.446 e. The zero-order valence-corrected chi connectivity index (χ0v) is 25.6. The van der Waals surface area contributed by atoms with Gasteiger partial charge in [-0.3, -0.25) is 19.9 Å². The number of amides is 3. The zero-order valence-electron chi connectivity index (χ0n) is 24.8. The second-order valence-electron chi connectivity index (χ2n) is 12.2. The monoisotopic (exact) mass is 580 g/mol. The maximum atomic E-state index is 13.6. The van der Waals surface area contributed by atoms with Crippen LogP contribution in [0.2, 0.25) is 0 Å². The molecule has 1 aromatic carbocycles. The molecule has 0 spiro atoms. The number of aliphatic imine (C=N–C) groups is 1. The molecule has 222 valence electrons. The lowest BCUT2D eigenvalue weighted by Crippen LogP contribution is -2.45. The smallest absolute Gasteiger partial charge is 0.411 e. The molecule has 0 aromatic heterocycles. The van der Waals surface area contributed by atoms with Crippen LogP contribution in [0.1, 0.15) is 76.3 Å². The summed E-state index contributed by atoms with van der Waals surface area (Å²) in [6.45, 7) is 6.88. The molecule has 0 radical (unpaired) electrons. The average Bonchev–Trinajstić information content (AvgIpc) is 3.26. The van der Waals surface area contributed by atoms with E-state index in [9.17, 15) is 14.4 Å². The van der Waals surface area contributed by atoms with E-state index >= 15 is 0 Å². The van der Waals surface area contributed by atoms with Crippen molar-refractivity contribution in [3.05, 3.63) is 41.5 Å². The first-order chi connectivity index (χ1) is 19.7. The van der Waals surface area contributed by atoms with Crippen molar-refractivity contribution in [2.75, 3.05) is 24.7 Å². The Balaban J connectivity index is 1.30. The molecule has 2 N–H and O–H groups in total. The fourth-order valence-electron chi connectivity index (χ4n) is 6.49. The van der Waals surface area contributed by atoms with Gasteiger partial charge in [-0.15, -0.1) is 11.8 Å². The van der Waals surface area contributed by atoms with Crippen LogP contribution in [-0.4, -0.2) is 64.9 Å². The van der Waals surface area contributed by atoms with Gasteiger partial charge in [0.1, 0.15) is 11.1 Å². The minimum absolute atomic E-state index is 0.0372. The Bertz CT molecular complexity index is 1230. The van der Waals surface area contributed by atoms with Gasteiger partial charge >= 0.3 is 6.09 Å². The third-order valence-electron chi connectivity index (χ3n) is 9.27. The quantitative estimate of drug-likeness (QED) is 0.436. The highest BCUT2D eigenvalue weighted by Crippen LogP contribution is 2.48. The summed E-state index contributed by atoms with van der Waals surface area (Å²) in [7, 11) is 1.82. The van der Waals surface area contributed by atoms with Gasteiger partial charge in [-0.1, -0.05) is 32.1 Å². The molecular weight excluding hydrogens is 536 g/mol. The van der Waals surface area contributed by atoms with Crippen molar-refractivity contribution in [2.24, 2.45) is 22.7 Å². The van der Waals surface area contributed by atoms with Crippen LogP contribution in [0, 0.1) is 24.7 Å². The van der Waals surface area contributed by atoms with E-state index in [1.807, 2.05) is 32.2 Å². The highest BCUT2D eigenvalue weighted by Gasteiger charge is 2.54. The molecule has 6 atom stereocenters. The van der Waals surface area contributed by atoms with E-state index in [0.29, 0.717) is 31.0 Å². The van der Waals surface area contributed by atoms with E-state index in [2.05, 4.69) is 36.6 Å². The SMILES string of the molecule is CCC1CSC(c2ccc(C)cc2NC(=O)O[C@@H]2C[C@H]3C(=O)N[C@]4(CC)C[C@H]4/C=C\CCCCN(C)C(=O)[C@@H]3C2)=N1. The first kappa shape index (κ1) is 29.7. The van der Waals surface area contributed by atoms with E-state index < -0.39 is 24.0 Å². The van der Waals surface area contributed by atoms with Gasteiger partial charge in [0.15, 0.2) is 0 Å². The van der Waals surface area contributed by atoms with E-state index in [0.717, 1.165) is 60.4 Å². The Morgan fingerprint density at radius 2 is 2.02 bits per heavy atom. The summed E-state index contributed by atoms with van der Waals surface area (Å²) >= 11 is 1.71. The first-order valence-electron chi connectivity index (χ1n) is 15.3. The molecule has 3 amide bonds. The molecule has 0 bridgehead atoms. The lowest BCUT2D eigenvalue weighted by atomic mass is 9.92. The Morgan fingerprint density at radius 1 is 1.22 bits per heavy atom. The topological polar surface area (TPSA) is 100 Å². The van der Waals surface area contributed by atoms with E-state index in [4.69, 9.17) is 9.73 Å². The minimum Gasteiger partial charge on any atom is -0.446 e. The molecule has 1 unspecified atom stereocenters. The standard InChI is InChI=1S/C32H44N4O4S/c1-5-22-19-41-29(33-22)24-13-12-20(3)15-27(24)34-31(39)40-23-16-25-26(17-23)30(38)36(4)14-10-8-7-9-11-21-18-32(21,6-2)35-28(25)37/h9,11-13,15,21-23,25-26H,5-8,10,14,16-19H2,1-4H3,(H,34,39)(H,35,37)/b11-9-/t21-,22?,23-,25-,26-,32-/m1/s1. The van der Waals surface area contributed by atoms with Crippen LogP contribution in [0.4, 0.5) is 10.5 Å². The van der Waals surface area contributed by atoms with Crippen molar-refractivity contribution >= 4 is 40.4 Å². The van der Waals surface area contributed by atoms with Crippen molar-refractivity contribution in [1.29, 1.82) is 0 Å². The van der Waals surface area contributed by atoms with Gasteiger partial charge in [0.2, 0.25) is 11.8 Å². The van der Waals surface area contributed by atoms with Gasteiger partial charge < -0.3 is 15.0 Å². The maximum absolute atomic E-state index is 13.6. The lowest BCUT2D eigenvalue weighted by molar-refractivity contribution is -0.140. The van der Waals surface area contributed by atoms with Crippen LogP contribution in [0.15, 0.2) is 35.3 Å². The van der Waals surface area contributed by atoms with Crippen molar-refractivity contribution in [1.82, 2.24) is 10.2 Å². The number of ether oxygens (including phenoxy) is 1. The van der Waals surface area contributed by atoms with Crippen LogP contribution >= 0.6 is 11.8 Å². The molecule has 5 rings (SSSR count). The summed E-state index contributed by atoms with van der Waals surface area (Å²) in [6.07, 6.45) is 9.77. The van der Waals surface area contributed by atoms with Crippen LogP contribution in [0.5, 0.6) is 0 Å². The van der Waals surface area contributed by atoms with Crippen molar-refractivity contribution in [2.45, 2.75) is 89.8 Å². The van der Waals surface area contributed by atoms with E-state index in [-0.39, 0.29) is 23.4 Å². The van der Waals surface area contributed by atoms with Gasteiger partial charge in [0.25, 0.3) is 0 Å². The zero-order chi connectivity index (χ0) is 29.1. The number of anilines is 1. The molecule has 2 fully saturated rings. The third-order valence-corrected chi connectivity index (χ3v) is 10.4. The summed E-state index contributed by atoms with van der Waals surface area (Å²) in [4.78, 5) is 47.0. The predicted octanol–water partition coefficient (Wildman–Crippen LogP) is 5.69. The fraction of sp³-hybridized carbons (Fsp3) is 0.625. The third kappa shape index (κ3) is 6.65. The van der Waals surface area contributed by atoms with E-state index in [1.54, 1.807) is 16.7 Å². The van der Waals surface area contributed by atoms with Crippen molar-refractivity contribution in [3.63, 3.8) is 0 Å². The highest BCUT2D eigenvalue weighted by molar-refractivity contribution is 8.14. The molecule has 2 heterocycles. The molecule has 0 saturated heterocycles. The summed E-state index contributed by atoms with van der Waals surface area (Å²) < 4.78 is 5.90. The number of carbonyl (C=O) groups excluding carboxylic acids is 3. The van der Waals surface area contributed by atoms with Crippen LogP contribution < -0.4 is 10.6 Å². The molecule has 2 saturated carbocycles. The number of carbonyl (C=O) groups is 3. The number of nitrogens with one attached hydrogen (secondary N) is 2. The van der Waals surface area contributed by atoms with Gasteiger partial charge in [0, 0.05) is 36.4 Å². The number of rotatable bonds is 5. The molecule has 1 aromatic rings. The Morgan fingerprint density at radius 3 is 2.78 bits per heavy atom. The fourth-order valence-corrected chi connectivity index (χ4v) is 7.71. The Hall–Kier alpha value is -2.81. The first-order valence-corrected chi connectivity index (χ1v) is 16.2. The summed E-state index contributed by atoms with van der Waals surface area (Å²) in [5.41, 5.74) is 2.35. The molecule has 4 aliphatic rings. The maximum Gasteiger partial charge on any atom is 0.411 e. The number of nitrogens with zero attached hydrogens (tertiary/aromatic N) is 2. The van der Waals surface area contributed by atoms with E-state index in [1.165, 1.54) is 0 Å².